The summed E-state index contributed by atoms with van der Waals surface area (Å²) in [6.07, 6.45) is 3.12. The molecule has 0 radical (unpaired) electrons. The maximum Gasteiger partial charge on any atom is 0.0491 e. The number of H-pyrrole nitrogens is 1. The SMILES string of the molecule is CC(C)c1ccc(CCSS)c2cc[nH]c12. The number of hydrogen-bond donors (Lipinski definition) is 2. The van der Waals surface area contributed by atoms with Gasteiger partial charge in [-0.25, -0.2) is 0 Å². The molecular formula is C13H17NS2. The Morgan fingerprint density at radius 2 is 2.12 bits per heavy atom. The van der Waals surface area contributed by atoms with Crippen LogP contribution in [0.3, 0.4) is 0 Å². The van der Waals surface area contributed by atoms with Crippen molar-refractivity contribution >= 4 is 33.4 Å². The Balaban J connectivity index is 2.46. The number of hydrogen-bond acceptors (Lipinski definition) is 2. The smallest absolute Gasteiger partial charge is 0.0491 e. The van der Waals surface area contributed by atoms with Gasteiger partial charge in [0.25, 0.3) is 0 Å². The minimum Gasteiger partial charge on any atom is -0.361 e. The number of aromatic nitrogens is 1. The molecule has 0 saturated heterocycles. The summed E-state index contributed by atoms with van der Waals surface area (Å²) in [6, 6.07) is 6.69. The standard InChI is InChI=1S/C13H17NS2/c1-9(2)11-4-3-10(6-8-16-15)12-5-7-14-13(11)12/h3-5,7,9,14-15H,6,8H2,1-2H3. The molecule has 1 aromatic heterocycles. The summed E-state index contributed by atoms with van der Waals surface area (Å²) in [5, 5.41) is 1.37. The number of thiol groups is 1. The molecule has 0 saturated carbocycles. The molecule has 0 unspecified atom stereocenters. The average molecular weight is 251 g/mol. The first-order valence-electron chi connectivity index (χ1n) is 5.59. The summed E-state index contributed by atoms with van der Waals surface area (Å²) in [6.45, 7) is 4.47. The molecule has 1 heterocycles. The third-order valence-electron chi connectivity index (χ3n) is 2.93. The fourth-order valence-corrected chi connectivity index (χ4v) is 2.68. The Hall–Kier alpha value is -0.540. The van der Waals surface area contributed by atoms with Crippen LogP contribution in [0.4, 0.5) is 0 Å². The molecule has 0 aliphatic rings. The van der Waals surface area contributed by atoms with Gasteiger partial charge in [-0.05, 0) is 29.5 Å². The number of fused-ring (bicyclic) bond motifs is 1. The van der Waals surface area contributed by atoms with Crippen molar-refractivity contribution in [2.75, 3.05) is 5.75 Å². The molecule has 0 bridgehead atoms. The second-order valence-electron chi connectivity index (χ2n) is 4.32. The summed E-state index contributed by atoms with van der Waals surface area (Å²) < 4.78 is 0. The molecule has 86 valence electrons. The topological polar surface area (TPSA) is 15.8 Å². The average Bonchev–Trinajstić information content (AvgIpc) is 2.74. The predicted molar refractivity (Wildman–Crippen MR) is 77.5 cm³/mol. The Kier molecular flexibility index (Phi) is 3.87. The molecule has 0 fully saturated rings. The quantitative estimate of drug-likeness (QED) is 0.607. The molecular weight excluding hydrogens is 234 g/mol. The van der Waals surface area contributed by atoms with Gasteiger partial charge in [-0.3, -0.25) is 0 Å². The van der Waals surface area contributed by atoms with E-state index in [1.54, 1.807) is 10.8 Å². The maximum absolute atomic E-state index is 4.19. The van der Waals surface area contributed by atoms with E-state index in [1.165, 1.54) is 22.0 Å². The van der Waals surface area contributed by atoms with Crippen LogP contribution in [0.5, 0.6) is 0 Å². The van der Waals surface area contributed by atoms with E-state index in [-0.39, 0.29) is 0 Å². The van der Waals surface area contributed by atoms with Gasteiger partial charge in [-0.1, -0.05) is 36.8 Å². The fourth-order valence-electron chi connectivity index (χ4n) is 2.09. The van der Waals surface area contributed by atoms with Crippen LogP contribution in [0.1, 0.15) is 30.9 Å². The zero-order chi connectivity index (χ0) is 11.5. The van der Waals surface area contributed by atoms with Crippen molar-refractivity contribution in [3.05, 3.63) is 35.5 Å². The lowest BCUT2D eigenvalue weighted by atomic mass is 9.97. The van der Waals surface area contributed by atoms with E-state index in [0.29, 0.717) is 5.92 Å². The number of nitrogens with one attached hydrogen (secondary N) is 1. The zero-order valence-corrected chi connectivity index (χ0v) is 11.4. The lowest BCUT2D eigenvalue weighted by Gasteiger charge is -2.10. The molecule has 0 spiro atoms. The van der Waals surface area contributed by atoms with Crippen molar-refractivity contribution in [1.29, 1.82) is 0 Å². The molecule has 3 heteroatoms. The highest BCUT2D eigenvalue weighted by Crippen LogP contribution is 2.27. The van der Waals surface area contributed by atoms with Crippen LogP contribution in [-0.4, -0.2) is 10.7 Å². The normalized spacial score (nSPS) is 11.5. The third-order valence-corrected chi connectivity index (χ3v) is 3.86. The molecule has 16 heavy (non-hydrogen) atoms. The van der Waals surface area contributed by atoms with Gasteiger partial charge in [0.15, 0.2) is 0 Å². The second-order valence-corrected chi connectivity index (χ2v) is 5.76. The Morgan fingerprint density at radius 1 is 1.31 bits per heavy atom. The first kappa shape index (κ1) is 11.9. The van der Waals surface area contributed by atoms with Gasteiger partial charge in [0.1, 0.15) is 0 Å². The van der Waals surface area contributed by atoms with Crippen molar-refractivity contribution < 1.29 is 0 Å². The van der Waals surface area contributed by atoms with Gasteiger partial charge < -0.3 is 4.98 Å². The summed E-state index contributed by atoms with van der Waals surface area (Å²) in [5.74, 6) is 1.62. The summed E-state index contributed by atoms with van der Waals surface area (Å²) in [5.41, 5.74) is 4.13. The van der Waals surface area contributed by atoms with E-state index in [1.807, 2.05) is 6.20 Å². The minimum atomic E-state index is 0.564. The first-order valence-corrected chi connectivity index (χ1v) is 7.63. The summed E-state index contributed by atoms with van der Waals surface area (Å²) >= 11 is 4.19. The molecule has 1 aromatic carbocycles. The monoisotopic (exact) mass is 251 g/mol. The third kappa shape index (κ3) is 2.25. The highest BCUT2D eigenvalue weighted by atomic mass is 33.1. The molecule has 2 aromatic rings. The van der Waals surface area contributed by atoms with Crippen LogP contribution in [-0.2, 0) is 6.42 Å². The second kappa shape index (κ2) is 5.19. The number of aromatic amines is 1. The Morgan fingerprint density at radius 3 is 2.81 bits per heavy atom. The summed E-state index contributed by atoms with van der Waals surface area (Å²) in [4.78, 5) is 3.36. The molecule has 2 rings (SSSR count). The Bertz CT molecular complexity index is 474. The van der Waals surface area contributed by atoms with Crippen LogP contribution in [0.2, 0.25) is 0 Å². The van der Waals surface area contributed by atoms with Gasteiger partial charge in [0.2, 0.25) is 0 Å². The van der Waals surface area contributed by atoms with Crippen molar-refractivity contribution in [3.63, 3.8) is 0 Å². The van der Waals surface area contributed by atoms with Gasteiger partial charge >= 0.3 is 0 Å². The highest BCUT2D eigenvalue weighted by Gasteiger charge is 2.09. The van der Waals surface area contributed by atoms with Crippen LogP contribution < -0.4 is 0 Å². The molecule has 0 aliphatic heterocycles. The van der Waals surface area contributed by atoms with Crippen LogP contribution in [0.15, 0.2) is 24.4 Å². The van der Waals surface area contributed by atoms with E-state index >= 15 is 0 Å². The van der Waals surface area contributed by atoms with Crippen molar-refractivity contribution in [1.82, 2.24) is 4.98 Å². The lowest BCUT2D eigenvalue weighted by Crippen LogP contribution is -1.93. The largest absolute Gasteiger partial charge is 0.361 e. The predicted octanol–water partition coefficient (Wildman–Crippen LogP) is 4.41. The van der Waals surface area contributed by atoms with Crippen molar-refractivity contribution in [3.8, 4) is 0 Å². The van der Waals surface area contributed by atoms with Crippen molar-refractivity contribution in [2.24, 2.45) is 0 Å². The zero-order valence-electron chi connectivity index (χ0n) is 9.66. The van der Waals surface area contributed by atoms with Crippen molar-refractivity contribution in [2.45, 2.75) is 26.2 Å². The van der Waals surface area contributed by atoms with Crippen LogP contribution in [0, 0.1) is 0 Å². The fraction of sp³-hybridized carbons (Fsp3) is 0.385. The summed E-state index contributed by atoms with van der Waals surface area (Å²) in [7, 11) is 1.60. The van der Waals surface area contributed by atoms with E-state index < -0.39 is 0 Å². The van der Waals surface area contributed by atoms with Gasteiger partial charge in [0.05, 0.1) is 0 Å². The van der Waals surface area contributed by atoms with E-state index in [0.717, 1.165) is 12.2 Å². The maximum atomic E-state index is 4.19. The highest BCUT2D eigenvalue weighted by molar-refractivity contribution is 8.68. The first-order chi connectivity index (χ1) is 7.74. The molecule has 1 N–H and O–H groups in total. The number of aryl methyl sites for hydroxylation is 1. The Labute approximate surface area is 106 Å². The van der Waals surface area contributed by atoms with Crippen LogP contribution >= 0.6 is 22.5 Å². The number of rotatable bonds is 4. The number of benzene rings is 1. The van der Waals surface area contributed by atoms with E-state index in [9.17, 15) is 0 Å². The molecule has 1 nitrogen and oxygen atoms in total. The van der Waals surface area contributed by atoms with E-state index in [4.69, 9.17) is 0 Å². The van der Waals surface area contributed by atoms with Gasteiger partial charge in [-0.2, -0.15) is 0 Å². The van der Waals surface area contributed by atoms with Gasteiger partial charge in [-0.15, -0.1) is 11.7 Å². The lowest BCUT2D eigenvalue weighted by molar-refractivity contribution is 0.872. The minimum absolute atomic E-state index is 0.564. The van der Waals surface area contributed by atoms with Gasteiger partial charge in [0, 0.05) is 22.9 Å². The van der Waals surface area contributed by atoms with E-state index in [2.05, 4.69) is 48.7 Å². The molecule has 0 amide bonds. The molecule has 0 atom stereocenters. The van der Waals surface area contributed by atoms with Crippen LogP contribution in [0.25, 0.3) is 10.9 Å². The molecule has 0 aliphatic carbocycles.